The van der Waals surface area contributed by atoms with Gasteiger partial charge in [0.05, 0.1) is 4.90 Å². The molecule has 0 fully saturated rings. The molecule has 0 aliphatic heterocycles. The molecule has 1 N–H and O–H groups in total. The Morgan fingerprint density at radius 2 is 1.63 bits per heavy atom. The summed E-state index contributed by atoms with van der Waals surface area (Å²) >= 11 is 2.22. The molecule has 0 aromatic heterocycles. The molecule has 0 bridgehead atoms. The molecule has 2 aromatic carbocycles. The van der Waals surface area contributed by atoms with Crippen LogP contribution < -0.4 is 4.72 Å². The second-order valence-corrected chi connectivity index (χ2v) is 7.23. The fraction of sp³-hybridized carbons (Fsp3) is 0.143. The van der Waals surface area contributed by atoms with Gasteiger partial charge in [-0.3, -0.25) is 4.72 Å². The van der Waals surface area contributed by atoms with Gasteiger partial charge in [-0.25, -0.2) is 8.42 Å². The van der Waals surface area contributed by atoms with Gasteiger partial charge in [0.1, 0.15) is 0 Å². The van der Waals surface area contributed by atoms with Gasteiger partial charge in [0.2, 0.25) is 0 Å². The third kappa shape index (κ3) is 3.48. The van der Waals surface area contributed by atoms with Gasteiger partial charge >= 0.3 is 0 Å². The van der Waals surface area contributed by atoms with E-state index in [1.807, 2.05) is 26.0 Å². The molecule has 3 nitrogen and oxygen atoms in total. The van der Waals surface area contributed by atoms with E-state index in [0.29, 0.717) is 5.69 Å². The van der Waals surface area contributed by atoms with E-state index < -0.39 is 10.0 Å². The van der Waals surface area contributed by atoms with Crippen molar-refractivity contribution in [2.24, 2.45) is 0 Å². The van der Waals surface area contributed by atoms with E-state index in [2.05, 4.69) is 27.3 Å². The summed E-state index contributed by atoms with van der Waals surface area (Å²) in [5.74, 6) is 0. The van der Waals surface area contributed by atoms with Gasteiger partial charge in [0, 0.05) is 9.26 Å². The molecule has 0 radical (unpaired) electrons. The highest BCUT2D eigenvalue weighted by atomic mass is 127. The fourth-order valence-corrected chi connectivity index (χ4v) is 3.02. The summed E-state index contributed by atoms with van der Waals surface area (Å²) in [6.07, 6.45) is 0. The first kappa shape index (κ1) is 14.3. The van der Waals surface area contributed by atoms with Crippen molar-refractivity contribution in [2.45, 2.75) is 18.7 Å². The largest absolute Gasteiger partial charge is 0.280 e. The molecule has 2 rings (SSSR count). The number of hydrogen-bond donors (Lipinski definition) is 1. The maximum Gasteiger partial charge on any atom is 0.261 e. The summed E-state index contributed by atoms with van der Waals surface area (Å²) in [6, 6.07) is 12.3. The van der Waals surface area contributed by atoms with Crippen LogP contribution in [0.15, 0.2) is 47.4 Å². The SMILES string of the molecule is Cc1ccc(S(=O)(=O)Nc2ccc(I)c(C)c2)cc1. The van der Waals surface area contributed by atoms with Crippen molar-refractivity contribution in [3.63, 3.8) is 0 Å². The molecule has 19 heavy (non-hydrogen) atoms. The lowest BCUT2D eigenvalue weighted by Crippen LogP contribution is -2.13. The molecule has 0 heterocycles. The summed E-state index contributed by atoms with van der Waals surface area (Å²) in [5, 5.41) is 0. The van der Waals surface area contributed by atoms with Crippen molar-refractivity contribution in [3.05, 3.63) is 57.2 Å². The number of rotatable bonds is 3. The number of hydrogen-bond acceptors (Lipinski definition) is 2. The number of anilines is 1. The normalized spacial score (nSPS) is 11.3. The molecule has 0 amide bonds. The highest BCUT2D eigenvalue weighted by Crippen LogP contribution is 2.20. The summed E-state index contributed by atoms with van der Waals surface area (Å²) in [5.41, 5.74) is 2.66. The van der Waals surface area contributed by atoms with Crippen LogP contribution in [0, 0.1) is 17.4 Å². The van der Waals surface area contributed by atoms with Crippen LogP contribution in [0.5, 0.6) is 0 Å². The molecule has 0 saturated carbocycles. The van der Waals surface area contributed by atoms with E-state index in [1.165, 1.54) is 0 Å². The van der Waals surface area contributed by atoms with E-state index in [4.69, 9.17) is 0 Å². The minimum atomic E-state index is -3.51. The minimum absolute atomic E-state index is 0.273. The lowest BCUT2D eigenvalue weighted by atomic mass is 10.2. The monoisotopic (exact) mass is 387 g/mol. The van der Waals surface area contributed by atoms with E-state index in [1.54, 1.807) is 30.3 Å². The Morgan fingerprint density at radius 3 is 2.21 bits per heavy atom. The van der Waals surface area contributed by atoms with E-state index in [9.17, 15) is 8.42 Å². The van der Waals surface area contributed by atoms with Gasteiger partial charge in [-0.05, 0) is 72.3 Å². The van der Waals surface area contributed by atoms with Crippen molar-refractivity contribution in [1.82, 2.24) is 0 Å². The first-order valence-electron chi connectivity index (χ1n) is 5.74. The van der Waals surface area contributed by atoms with Gasteiger partial charge in [-0.1, -0.05) is 17.7 Å². The van der Waals surface area contributed by atoms with Crippen LogP contribution >= 0.6 is 22.6 Å². The van der Waals surface area contributed by atoms with Crippen LogP contribution in [0.25, 0.3) is 0 Å². The van der Waals surface area contributed by atoms with Crippen molar-refractivity contribution < 1.29 is 8.42 Å². The van der Waals surface area contributed by atoms with Crippen molar-refractivity contribution in [1.29, 1.82) is 0 Å². The van der Waals surface area contributed by atoms with Crippen LogP contribution in [0.4, 0.5) is 5.69 Å². The molecule has 0 aliphatic carbocycles. The number of halogens is 1. The molecular weight excluding hydrogens is 373 g/mol. The van der Waals surface area contributed by atoms with Crippen LogP contribution in [0.1, 0.15) is 11.1 Å². The topological polar surface area (TPSA) is 46.2 Å². The molecule has 0 spiro atoms. The standard InChI is InChI=1S/C14H14INO2S/c1-10-3-6-13(7-4-10)19(17,18)16-12-5-8-14(15)11(2)9-12/h3-9,16H,1-2H3. The highest BCUT2D eigenvalue weighted by Gasteiger charge is 2.13. The van der Waals surface area contributed by atoms with E-state index in [-0.39, 0.29) is 4.90 Å². The predicted octanol–water partition coefficient (Wildman–Crippen LogP) is 3.71. The van der Waals surface area contributed by atoms with Crippen molar-refractivity contribution >= 4 is 38.3 Å². The maximum absolute atomic E-state index is 12.2. The minimum Gasteiger partial charge on any atom is -0.280 e. The Labute approximate surface area is 127 Å². The summed E-state index contributed by atoms with van der Waals surface area (Å²) in [6.45, 7) is 3.87. The molecule has 0 aliphatic rings. The third-order valence-electron chi connectivity index (χ3n) is 2.74. The zero-order chi connectivity index (χ0) is 14.0. The first-order chi connectivity index (χ1) is 8.88. The maximum atomic E-state index is 12.2. The second kappa shape index (κ2) is 5.50. The highest BCUT2D eigenvalue weighted by molar-refractivity contribution is 14.1. The van der Waals surface area contributed by atoms with Crippen LogP contribution in [0.3, 0.4) is 0 Å². The molecular formula is C14H14INO2S. The lowest BCUT2D eigenvalue weighted by Gasteiger charge is -2.09. The Kier molecular flexibility index (Phi) is 4.15. The zero-order valence-electron chi connectivity index (χ0n) is 10.6. The zero-order valence-corrected chi connectivity index (χ0v) is 13.6. The molecule has 2 aromatic rings. The Balaban J connectivity index is 2.30. The van der Waals surface area contributed by atoms with E-state index >= 15 is 0 Å². The van der Waals surface area contributed by atoms with Crippen LogP contribution in [-0.4, -0.2) is 8.42 Å². The van der Waals surface area contributed by atoms with Gasteiger partial charge in [-0.15, -0.1) is 0 Å². The summed E-state index contributed by atoms with van der Waals surface area (Å²) in [4.78, 5) is 0.273. The quantitative estimate of drug-likeness (QED) is 0.817. The Bertz CT molecular complexity index is 694. The fourth-order valence-electron chi connectivity index (χ4n) is 1.64. The summed E-state index contributed by atoms with van der Waals surface area (Å²) in [7, 11) is -3.51. The number of sulfonamides is 1. The van der Waals surface area contributed by atoms with Gasteiger partial charge in [0.15, 0.2) is 0 Å². The third-order valence-corrected chi connectivity index (χ3v) is 5.35. The number of nitrogens with one attached hydrogen (secondary N) is 1. The molecule has 100 valence electrons. The average molecular weight is 387 g/mol. The second-order valence-electron chi connectivity index (χ2n) is 4.38. The molecule has 0 saturated heterocycles. The van der Waals surface area contributed by atoms with Gasteiger partial charge in [-0.2, -0.15) is 0 Å². The van der Waals surface area contributed by atoms with Gasteiger partial charge < -0.3 is 0 Å². The molecule has 5 heteroatoms. The summed E-state index contributed by atoms with van der Waals surface area (Å²) < 4.78 is 28.1. The lowest BCUT2D eigenvalue weighted by molar-refractivity contribution is 0.601. The predicted molar refractivity (Wildman–Crippen MR) is 85.9 cm³/mol. The van der Waals surface area contributed by atoms with E-state index in [0.717, 1.165) is 14.7 Å². The van der Waals surface area contributed by atoms with Crippen molar-refractivity contribution in [2.75, 3.05) is 4.72 Å². The Morgan fingerprint density at radius 1 is 1.00 bits per heavy atom. The Hall–Kier alpha value is -1.08. The molecule has 0 unspecified atom stereocenters. The van der Waals surface area contributed by atoms with Crippen LogP contribution in [0.2, 0.25) is 0 Å². The number of benzene rings is 2. The first-order valence-corrected chi connectivity index (χ1v) is 8.30. The smallest absolute Gasteiger partial charge is 0.261 e. The van der Waals surface area contributed by atoms with Gasteiger partial charge in [0.25, 0.3) is 10.0 Å². The molecule has 0 atom stereocenters. The van der Waals surface area contributed by atoms with Crippen LogP contribution in [-0.2, 0) is 10.0 Å². The van der Waals surface area contributed by atoms with Crippen molar-refractivity contribution in [3.8, 4) is 0 Å². The average Bonchev–Trinajstić information content (AvgIpc) is 2.34. The number of aryl methyl sites for hydroxylation is 2.